The van der Waals surface area contributed by atoms with Crippen molar-refractivity contribution in [3.05, 3.63) is 48.5 Å². The molecule has 1 atom stereocenters. The second-order valence-corrected chi connectivity index (χ2v) is 6.21. The summed E-state index contributed by atoms with van der Waals surface area (Å²) in [5.41, 5.74) is 0.914. The Balaban J connectivity index is 0.000000297. The van der Waals surface area contributed by atoms with E-state index >= 15 is 0 Å². The first kappa shape index (κ1) is 12.3. The van der Waals surface area contributed by atoms with E-state index in [1.807, 2.05) is 30.3 Å². The van der Waals surface area contributed by atoms with Crippen LogP contribution in [0, 0.1) is 0 Å². The quantitative estimate of drug-likeness (QED) is 0.482. The minimum absolute atomic E-state index is 0.248. The molecular formula is C12H9O2P2S2+. The Morgan fingerprint density at radius 2 is 1.72 bits per heavy atom. The van der Waals surface area contributed by atoms with Gasteiger partial charge < -0.3 is 4.90 Å². The Bertz CT molecular complexity index is 776. The van der Waals surface area contributed by atoms with Crippen molar-refractivity contribution in [1.82, 2.24) is 0 Å². The number of fused-ring (bicyclic) bond motifs is 3. The lowest BCUT2D eigenvalue weighted by atomic mass is 10.1. The van der Waals surface area contributed by atoms with Gasteiger partial charge in [-0.1, -0.05) is 30.3 Å². The topological polar surface area (TPSA) is 33.4 Å². The first-order valence-corrected chi connectivity index (χ1v) is 9.16. The van der Waals surface area contributed by atoms with Gasteiger partial charge >= 0.3 is 6.55 Å². The molecule has 2 aromatic carbocycles. The molecule has 0 amide bonds. The molecule has 0 aliphatic heterocycles. The van der Waals surface area contributed by atoms with Crippen LogP contribution >= 0.6 is 25.9 Å². The molecule has 3 aromatic rings. The zero-order chi connectivity index (χ0) is 13.7. The summed E-state index contributed by atoms with van der Waals surface area (Å²) in [6.45, 7) is -0.911. The predicted octanol–water partition coefficient (Wildman–Crippen LogP) is 5.40. The van der Waals surface area contributed by atoms with Gasteiger partial charge in [0.05, 0.1) is 0 Å². The molecule has 6 heteroatoms. The van der Waals surface area contributed by atoms with Gasteiger partial charge in [0, 0.05) is 10.8 Å². The maximum Gasteiger partial charge on any atom is 0.427 e. The van der Waals surface area contributed by atoms with Crippen molar-refractivity contribution in [3.63, 3.8) is 0 Å². The van der Waals surface area contributed by atoms with Crippen LogP contribution in [0.15, 0.2) is 52.7 Å². The molecule has 2 nitrogen and oxygen atoms in total. The zero-order valence-corrected chi connectivity index (χ0v) is 12.6. The fourth-order valence-electron chi connectivity index (χ4n) is 1.77. The lowest BCUT2D eigenvalue weighted by molar-refractivity contribution is 0.662. The summed E-state index contributed by atoms with van der Waals surface area (Å²) in [5, 5.41) is 3.53. The van der Waals surface area contributed by atoms with Crippen molar-refractivity contribution in [1.29, 1.82) is 1.43 Å². The van der Waals surface area contributed by atoms with E-state index in [9.17, 15) is 0 Å². The van der Waals surface area contributed by atoms with Gasteiger partial charge in [0.25, 0.3) is 0 Å². The molecule has 1 aromatic heterocycles. The van der Waals surface area contributed by atoms with Crippen LogP contribution < -0.4 is 0 Å². The van der Waals surface area contributed by atoms with Crippen molar-refractivity contribution in [2.45, 2.75) is 0 Å². The normalized spacial score (nSPS) is 12.0. The average molecular weight is 312 g/mol. The third-order valence-electron chi connectivity index (χ3n) is 2.46. The second kappa shape index (κ2) is 6.42. The molecule has 90 valence electrons. The smallest absolute Gasteiger partial charge is 0.333 e. The summed E-state index contributed by atoms with van der Waals surface area (Å²) >= 11 is 9.48. The molecule has 1 heterocycles. The van der Waals surface area contributed by atoms with Gasteiger partial charge in [-0.2, -0.15) is 0 Å². The fourth-order valence-corrected chi connectivity index (χ4v) is 3.52. The summed E-state index contributed by atoms with van der Waals surface area (Å²) in [4.78, 5) is 3.58. The van der Waals surface area contributed by atoms with Crippen molar-refractivity contribution in [3.8, 4) is 0 Å². The second-order valence-electron chi connectivity index (χ2n) is 3.44. The Kier molecular flexibility index (Phi) is 4.38. The largest absolute Gasteiger partial charge is 0.427 e. The lowest BCUT2D eigenvalue weighted by Crippen LogP contribution is -1.73. The van der Waals surface area contributed by atoms with Gasteiger partial charge in [0.2, 0.25) is 18.4 Å². The molecule has 0 spiro atoms. The van der Waals surface area contributed by atoms with Crippen LogP contribution in [0.25, 0.3) is 21.5 Å². The average Bonchev–Trinajstić information content (AvgIpc) is 2.48. The van der Waals surface area contributed by atoms with E-state index in [4.69, 9.17) is 17.4 Å². The highest BCUT2D eigenvalue weighted by atomic mass is 32.4. The fraction of sp³-hybridized carbons (Fsp3) is 0. The monoisotopic (exact) mass is 312 g/mol. The summed E-state index contributed by atoms with van der Waals surface area (Å²) < 4.78 is 11.6. The minimum Gasteiger partial charge on any atom is -0.333 e. The van der Waals surface area contributed by atoms with Crippen LogP contribution in [-0.2, 0) is 11.8 Å². The van der Waals surface area contributed by atoms with Gasteiger partial charge in [-0.25, -0.2) is 0 Å². The van der Waals surface area contributed by atoms with Gasteiger partial charge in [0.15, 0.2) is 5.58 Å². The highest BCUT2D eigenvalue weighted by Gasteiger charge is 2.11. The molecule has 3 rings (SSSR count). The highest BCUT2D eigenvalue weighted by molar-refractivity contribution is 8.13. The molecule has 0 bridgehead atoms. The third-order valence-corrected chi connectivity index (χ3v) is 4.42. The zero-order valence-electron chi connectivity index (χ0n) is 10.1. The van der Waals surface area contributed by atoms with Crippen molar-refractivity contribution < 1.29 is 9.09 Å². The first-order valence-electron chi connectivity index (χ1n) is 5.47. The molecule has 0 radical (unpaired) electrons. The number of hydrogen-bond donors (Lipinski definition) is 1. The predicted molar refractivity (Wildman–Crippen MR) is 84.7 cm³/mol. The SMILES string of the molecule is S=[p+]1oc2ccccc2c2ccccc21.[2H]OP=S. The Morgan fingerprint density at radius 3 is 2.44 bits per heavy atom. The molecule has 1 unspecified atom stereocenters. The van der Waals surface area contributed by atoms with Gasteiger partial charge in [-0.05, 0) is 30.0 Å². The Hall–Kier alpha value is -0.760. The third kappa shape index (κ3) is 2.80. The van der Waals surface area contributed by atoms with Crippen LogP contribution in [0.3, 0.4) is 0 Å². The number of hydrogen-bond acceptors (Lipinski definition) is 4. The molecule has 18 heavy (non-hydrogen) atoms. The summed E-state index contributed by atoms with van der Waals surface area (Å²) in [6, 6.07) is 16.3. The highest BCUT2D eigenvalue weighted by Crippen LogP contribution is 2.36. The number of para-hydroxylation sites is 1. The molecule has 0 aliphatic carbocycles. The van der Waals surface area contributed by atoms with E-state index in [-0.39, 0.29) is 7.58 Å². The van der Waals surface area contributed by atoms with Gasteiger partial charge in [0.1, 0.15) is 7.58 Å². The van der Waals surface area contributed by atoms with Crippen LogP contribution in [0.4, 0.5) is 0 Å². The molecule has 0 saturated carbocycles. The van der Waals surface area contributed by atoms with E-state index in [1.54, 1.807) is 0 Å². The van der Waals surface area contributed by atoms with Crippen LogP contribution in [0.2, 0.25) is 0 Å². The van der Waals surface area contributed by atoms with E-state index in [0.29, 0.717) is 0 Å². The lowest BCUT2D eigenvalue weighted by Gasteiger charge is -1.95. The van der Waals surface area contributed by atoms with Crippen LogP contribution in [-0.4, -0.2) is 6.33 Å². The maximum absolute atomic E-state index is 5.83. The molecule has 0 saturated heterocycles. The Labute approximate surface area is 118 Å². The standard InChI is InChI=1S/C12H8OPS.HOPS/c15-14-12-8-4-2-6-10(12)9-5-1-3-7-11(9)13-14;1-2-3/h1-8H;(H,1,3)/q+1;/i/hD. The number of benzene rings is 2. The van der Waals surface area contributed by atoms with Crippen LogP contribution in [0.5, 0.6) is 0 Å². The Morgan fingerprint density at radius 1 is 1.11 bits per heavy atom. The number of rotatable bonds is 1. The minimum atomic E-state index is -0.911. The van der Waals surface area contributed by atoms with E-state index in [2.05, 4.69) is 34.9 Å². The first-order chi connectivity index (χ1) is 9.27. The van der Waals surface area contributed by atoms with E-state index < -0.39 is 6.55 Å². The molecular weight excluding hydrogens is 302 g/mol. The molecule has 0 aliphatic rings. The maximum atomic E-state index is 5.83. The van der Waals surface area contributed by atoms with Crippen molar-refractivity contribution in [2.75, 3.05) is 0 Å². The summed E-state index contributed by atoms with van der Waals surface area (Å²) in [7, 11) is 0.248. The van der Waals surface area contributed by atoms with Crippen molar-refractivity contribution >= 4 is 59.2 Å². The molecule has 0 fully saturated rings. The van der Waals surface area contributed by atoms with Crippen molar-refractivity contribution in [2.24, 2.45) is 0 Å². The van der Waals surface area contributed by atoms with Crippen LogP contribution in [0.1, 0.15) is 0 Å². The van der Waals surface area contributed by atoms with Gasteiger partial charge in [-0.15, -0.1) is 0 Å². The van der Waals surface area contributed by atoms with E-state index in [0.717, 1.165) is 16.1 Å². The summed E-state index contributed by atoms with van der Waals surface area (Å²) in [5.74, 6) is 0. The van der Waals surface area contributed by atoms with E-state index in [1.165, 1.54) is 5.39 Å². The summed E-state index contributed by atoms with van der Waals surface area (Å²) in [6.07, 6.45) is 0. The van der Waals surface area contributed by atoms with Gasteiger partial charge in [-0.3, -0.25) is 4.20 Å². The molecule has 1 N–H and O–H groups in total.